The Morgan fingerprint density at radius 1 is 0.724 bits per heavy atom. The van der Waals surface area contributed by atoms with Crippen molar-refractivity contribution in [1.29, 1.82) is 0 Å². The zero-order valence-electron chi connectivity index (χ0n) is 16.5. The van der Waals surface area contributed by atoms with Gasteiger partial charge in [-0.3, -0.25) is 12.2 Å². The quantitative estimate of drug-likeness (QED) is 0.364. The molecule has 4 rings (SSSR count). The van der Waals surface area contributed by atoms with Gasteiger partial charge in [0.05, 0.1) is 0 Å². The fourth-order valence-corrected chi connectivity index (χ4v) is 2.35. The number of aromatic hydroxyl groups is 2. The Morgan fingerprint density at radius 3 is 1.24 bits per heavy atom. The van der Waals surface area contributed by atoms with Crippen LogP contribution in [0.25, 0.3) is 0 Å². The Morgan fingerprint density at radius 2 is 1.10 bits per heavy atom. The average molecular weight is 507 g/mol. The van der Waals surface area contributed by atoms with Gasteiger partial charge in [-0.15, -0.1) is 12.8 Å². The van der Waals surface area contributed by atoms with Crippen LogP contribution in [0.4, 0.5) is 0 Å². The van der Waals surface area contributed by atoms with Gasteiger partial charge in [0.2, 0.25) is 0 Å². The molecule has 0 saturated heterocycles. The van der Waals surface area contributed by atoms with Crippen molar-refractivity contribution in [1.82, 2.24) is 0 Å². The topological polar surface area (TPSA) is 40.5 Å². The third kappa shape index (κ3) is 15.0. The minimum Gasteiger partial charge on any atom is -0.508 e. The summed E-state index contributed by atoms with van der Waals surface area (Å²) in [6.07, 6.45) is 16.7. The van der Waals surface area contributed by atoms with Crippen LogP contribution in [0, 0.1) is 12.2 Å². The average Bonchev–Trinajstić information content (AvgIpc) is 3.30. The summed E-state index contributed by atoms with van der Waals surface area (Å²) in [4.78, 5) is 0. The van der Waals surface area contributed by atoms with Crippen molar-refractivity contribution >= 4 is 23.2 Å². The number of hydrogen-bond donors (Lipinski definition) is 2. The first kappa shape index (κ1) is 27.5. The molecular weight excluding hydrogens is 482 g/mol. The Kier molecular flexibility index (Phi) is 15.4. The maximum absolute atomic E-state index is 8.73. The molecule has 2 aromatic carbocycles. The third-order valence-electron chi connectivity index (χ3n) is 3.35. The third-order valence-corrected chi connectivity index (χ3v) is 3.82. The molecule has 0 atom stereocenters. The number of halogens is 2. The number of allylic oxidation sites excluding steroid dienone is 8. The molecular formula is C24H24Cl2O2Zr. The van der Waals surface area contributed by atoms with Crippen molar-refractivity contribution in [3.05, 3.63) is 106 Å². The molecule has 150 valence electrons. The SMILES string of the molecule is CC1=[C-]CC=C1.CC1=[C-]CC=C1.Oc1cccc(Cl)c1.Oc1cccc(Cl)c1.[Zr+2]. The zero-order valence-corrected chi connectivity index (χ0v) is 20.5. The molecule has 0 heterocycles. The van der Waals surface area contributed by atoms with Crippen LogP contribution in [0.3, 0.4) is 0 Å². The van der Waals surface area contributed by atoms with E-state index >= 15 is 0 Å². The Hall–Kier alpha value is -1.54. The van der Waals surface area contributed by atoms with Crippen LogP contribution in [0.1, 0.15) is 26.7 Å². The number of hydrogen-bond acceptors (Lipinski definition) is 2. The van der Waals surface area contributed by atoms with E-state index in [2.05, 4.69) is 50.3 Å². The van der Waals surface area contributed by atoms with E-state index in [4.69, 9.17) is 33.4 Å². The van der Waals surface area contributed by atoms with Crippen molar-refractivity contribution in [2.75, 3.05) is 0 Å². The number of phenolic OH excluding ortho intramolecular Hbond substituents is 2. The molecule has 0 saturated carbocycles. The van der Waals surface area contributed by atoms with Crippen molar-refractivity contribution in [3.63, 3.8) is 0 Å². The van der Waals surface area contributed by atoms with E-state index < -0.39 is 0 Å². The zero-order chi connectivity index (χ0) is 20.8. The fourth-order valence-electron chi connectivity index (χ4n) is 1.98. The Labute approximate surface area is 203 Å². The fraction of sp³-hybridized carbons (Fsp3) is 0.167. The van der Waals surface area contributed by atoms with Crippen LogP contribution in [-0.2, 0) is 26.2 Å². The largest absolute Gasteiger partial charge is 2.00 e. The number of phenols is 2. The first-order chi connectivity index (χ1) is 13.4. The molecule has 0 bridgehead atoms. The summed E-state index contributed by atoms with van der Waals surface area (Å²) in [5.74, 6) is 0.412. The molecule has 2 N–H and O–H groups in total. The summed E-state index contributed by atoms with van der Waals surface area (Å²) in [5, 5.41) is 18.6. The second-order valence-corrected chi connectivity index (χ2v) is 6.77. The number of benzene rings is 2. The second kappa shape index (κ2) is 16.3. The molecule has 0 spiro atoms. The summed E-state index contributed by atoms with van der Waals surface area (Å²) >= 11 is 11.0. The minimum atomic E-state index is 0. The maximum Gasteiger partial charge on any atom is 2.00 e. The molecule has 0 aromatic heterocycles. The molecule has 2 aromatic rings. The van der Waals surface area contributed by atoms with Gasteiger partial charge in [-0.25, -0.2) is 23.3 Å². The van der Waals surface area contributed by atoms with Crippen LogP contribution in [-0.4, -0.2) is 10.2 Å². The molecule has 2 aliphatic rings. The van der Waals surface area contributed by atoms with Gasteiger partial charge in [0.25, 0.3) is 0 Å². The summed E-state index contributed by atoms with van der Waals surface area (Å²) in [6, 6.07) is 12.9. The van der Waals surface area contributed by atoms with E-state index in [-0.39, 0.29) is 37.7 Å². The van der Waals surface area contributed by atoms with Gasteiger partial charge in [-0.1, -0.05) is 49.2 Å². The van der Waals surface area contributed by atoms with Gasteiger partial charge in [0.15, 0.2) is 0 Å². The molecule has 2 nitrogen and oxygen atoms in total. The van der Waals surface area contributed by atoms with Crippen molar-refractivity contribution in [3.8, 4) is 11.5 Å². The van der Waals surface area contributed by atoms with E-state index in [0.717, 1.165) is 12.8 Å². The molecule has 5 heteroatoms. The van der Waals surface area contributed by atoms with Gasteiger partial charge >= 0.3 is 26.2 Å². The maximum atomic E-state index is 8.73. The monoisotopic (exact) mass is 504 g/mol. The smallest absolute Gasteiger partial charge is 0.508 e. The molecule has 0 amide bonds. The van der Waals surface area contributed by atoms with Crippen LogP contribution in [0.5, 0.6) is 11.5 Å². The van der Waals surface area contributed by atoms with Crippen molar-refractivity contribution < 1.29 is 36.4 Å². The summed E-state index contributed by atoms with van der Waals surface area (Å²) < 4.78 is 0. The molecule has 29 heavy (non-hydrogen) atoms. The van der Waals surface area contributed by atoms with Crippen LogP contribution < -0.4 is 0 Å². The summed E-state index contributed by atoms with van der Waals surface area (Å²) in [5.41, 5.74) is 2.55. The molecule has 2 aliphatic carbocycles. The Balaban J connectivity index is 0.000000359. The van der Waals surface area contributed by atoms with Crippen molar-refractivity contribution in [2.24, 2.45) is 0 Å². The Bertz CT molecular complexity index is 744. The first-order valence-corrected chi connectivity index (χ1v) is 9.49. The van der Waals surface area contributed by atoms with Crippen LogP contribution >= 0.6 is 23.2 Å². The normalized spacial score (nSPS) is 12.7. The molecule has 0 unspecified atom stereocenters. The minimum absolute atomic E-state index is 0. The van der Waals surface area contributed by atoms with Gasteiger partial charge in [0, 0.05) is 10.0 Å². The number of rotatable bonds is 0. The van der Waals surface area contributed by atoms with Gasteiger partial charge in [-0.2, -0.15) is 12.2 Å². The van der Waals surface area contributed by atoms with Crippen LogP contribution in [0.15, 0.2) is 84.0 Å². The molecule has 0 radical (unpaired) electrons. The van der Waals surface area contributed by atoms with Gasteiger partial charge < -0.3 is 10.2 Å². The van der Waals surface area contributed by atoms with Crippen LogP contribution in [0.2, 0.25) is 10.0 Å². The predicted octanol–water partition coefficient (Wildman–Crippen LogP) is 7.48. The second-order valence-electron chi connectivity index (χ2n) is 5.89. The van der Waals surface area contributed by atoms with E-state index in [1.165, 1.54) is 23.3 Å². The first-order valence-electron chi connectivity index (χ1n) is 8.74. The van der Waals surface area contributed by atoms with E-state index in [1.54, 1.807) is 36.4 Å². The summed E-state index contributed by atoms with van der Waals surface area (Å²) in [6.45, 7) is 4.12. The standard InChI is InChI=1S/2C6H5ClO.2C6H7.Zr/c2*7-5-2-1-3-6(8)4-5;2*1-6-4-2-3-5-6;/h2*1-4,8H;2*2,4H,3H2,1H3;/q;;2*-1;+2. The summed E-state index contributed by atoms with van der Waals surface area (Å²) in [7, 11) is 0. The van der Waals surface area contributed by atoms with Crippen molar-refractivity contribution in [2.45, 2.75) is 26.7 Å². The van der Waals surface area contributed by atoms with E-state index in [0.29, 0.717) is 10.0 Å². The van der Waals surface area contributed by atoms with Gasteiger partial charge in [0.1, 0.15) is 11.5 Å². The molecule has 0 aliphatic heterocycles. The predicted molar refractivity (Wildman–Crippen MR) is 119 cm³/mol. The van der Waals surface area contributed by atoms with Gasteiger partial charge in [-0.05, 0) is 36.4 Å². The van der Waals surface area contributed by atoms with E-state index in [9.17, 15) is 0 Å². The van der Waals surface area contributed by atoms with E-state index in [1.807, 2.05) is 0 Å². The molecule has 0 fully saturated rings.